The first-order valence-electron chi connectivity index (χ1n) is 4.53. The van der Waals surface area contributed by atoms with Gasteiger partial charge in [0.25, 0.3) is 0 Å². The van der Waals surface area contributed by atoms with Gasteiger partial charge in [-0.3, -0.25) is 4.98 Å². The molecule has 13 heavy (non-hydrogen) atoms. The Kier molecular flexibility index (Phi) is 2.69. The van der Waals surface area contributed by atoms with Crippen LogP contribution in [0, 0.1) is 11.2 Å². The number of rotatable bonds is 1. The maximum Gasteiger partial charge on any atom is 0.144 e. The van der Waals surface area contributed by atoms with E-state index in [4.69, 9.17) is 0 Å². The molecule has 2 heteroatoms. The van der Waals surface area contributed by atoms with E-state index in [0.29, 0.717) is 5.69 Å². The molecule has 0 aliphatic rings. The number of pyridine rings is 1. The van der Waals surface area contributed by atoms with Crippen molar-refractivity contribution in [3.8, 4) is 0 Å². The van der Waals surface area contributed by atoms with Gasteiger partial charge in [0.2, 0.25) is 0 Å². The van der Waals surface area contributed by atoms with Crippen LogP contribution in [-0.4, -0.2) is 4.98 Å². The SMILES string of the molecule is C[C@H](c1ncccc1F)C(C)(C)C. The van der Waals surface area contributed by atoms with Crippen LogP contribution in [-0.2, 0) is 0 Å². The minimum Gasteiger partial charge on any atom is -0.258 e. The third kappa shape index (κ3) is 2.27. The van der Waals surface area contributed by atoms with Crippen LogP contribution in [0.25, 0.3) is 0 Å². The second-order valence-electron chi connectivity index (χ2n) is 4.46. The molecule has 0 radical (unpaired) electrons. The van der Waals surface area contributed by atoms with Crippen molar-refractivity contribution in [1.29, 1.82) is 0 Å². The lowest BCUT2D eigenvalue weighted by Crippen LogP contribution is -2.17. The zero-order valence-electron chi connectivity index (χ0n) is 8.63. The summed E-state index contributed by atoms with van der Waals surface area (Å²) in [6.45, 7) is 8.27. The van der Waals surface area contributed by atoms with E-state index in [1.165, 1.54) is 6.07 Å². The van der Waals surface area contributed by atoms with Gasteiger partial charge in [-0.2, -0.15) is 0 Å². The number of hydrogen-bond donors (Lipinski definition) is 0. The number of nitrogens with zero attached hydrogens (tertiary/aromatic N) is 1. The van der Waals surface area contributed by atoms with E-state index < -0.39 is 0 Å². The van der Waals surface area contributed by atoms with E-state index >= 15 is 0 Å². The Balaban J connectivity index is 3.02. The normalized spacial score (nSPS) is 14.2. The molecular formula is C11H16FN. The molecule has 0 aromatic carbocycles. The molecular weight excluding hydrogens is 165 g/mol. The van der Waals surface area contributed by atoms with Gasteiger partial charge in [-0.15, -0.1) is 0 Å². The zero-order chi connectivity index (χ0) is 10.1. The van der Waals surface area contributed by atoms with Crippen LogP contribution in [0.5, 0.6) is 0 Å². The molecule has 0 saturated heterocycles. The molecule has 0 spiro atoms. The van der Waals surface area contributed by atoms with Crippen molar-refractivity contribution in [3.63, 3.8) is 0 Å². The van der Waals surface area contributed by atoms with Gasteiger partial charge in [0.05, 0.1) is 5.69 Å². The zero-order valence-corrected chi connectivity index (χ0v) is 8.63. The molecule has 0 bridgehead atoms. The molecule has 0 amide bonds. The lowest BCUT2D eigenvalue weighted by Gasteiger charge is -2.26. The van der Waals surface area contributed by atoms with Crippen LogP contribution in [0.1, 0.15) is 39.3 Å². The quantitative estimate of drug-likeness (QED) is 0.647. The van der Waals surface area contributed by atoms with Crippen LogP contribution in [0.4, 0.5) is 4.39 Å². The van der Waals surface area contributed by atoms with Gasteiger partial charge in [-0.25, -0.2) is 4.39 Å². The molecule has 0 fully saturated rings. The highest BCUT2D eigenvalue weighted by atomic mass is 19.1. The second-order valence-corrected chi connectivity index (χ2v) is 4.46. The lowest BCUT2D eigenvalue weighted by molar-refractivity contribution is 0.325. The molecule has 0 unspecified atom stereocenters. The maximum atomic E-state index is 13.3. The Morgan fingerprint density at radius 3 is 2.46 bits per heavy atom. The second kappa shape index (κ2) is 3.44. The predicted octanol–water partition coefficient (Wildman–Crippen LogP) is 3.37. The molecule has 1 aromatic heterocycles. The van der Waals surface area contributed by atoms with Gasteiger partial charge >= 0.3 is 0 Å². The highest BCUT2D eigenvalue weighted by molar-refractivity contribution is 5.13. The summed E-state index contributed by atoms with van der Waals surface area (Å²) in [5.41, 5.74) is 0.616. The highest BCUT2D eigenvalue weighted by Gasteiger charge is 2.24. The third-order valence-corrected chi connectivity index (χ3v) is 2.50. The monoisotopic (exact) mass is 181 g/mol. The Morgan fingerprint density at radius 1 is 1.38 bits per heavy atom. The minimum atomic E-state index is -0.204. The minimum absolute atomic E-state index is 0.0508. The Morgan fingerprint density at radius 2 is 2.00 bits per heavy atom. The van der Waals surface area contributed by atoms with E-state index in [9.17, 15) is 4.39 Å². The van der Waals surface area contributed by atoms with Gasteiger partial charge in [0.15, 0.2) is 0 Å². The summed E-state index contributed by atoms with van der Waals surface area (Å²) < 4.78 is 13.3. The summed E-state index contributed by atoms with van der Waals surface area (Å²) in [4.78, 5) is 4.07. The molecule has 0 aliphatic heterocycles. The third-order valence-electron chi connectivity index (χ3n) is 2.50. The van der Waals surface area contributed by atoms with Crippen molar-refractivity contribution >= 4 is 0 Å². The van der Waals surface area contributed by atoms with Crippen LogP contribution in [0.15, 0.2) is 18.3 Å². The van der Waals surface area contributed by atoms with Gasteiger partial charge in [-0.1, -0.05) is 27.7 Å². The molecule has 0 saturated carbocycles. The fourth-order valence-electron chi connectivity index (χ4n) is 1.13. The smallest absolute Gasteiger partial charge is 0.144 e. The van der Waals surface area contributed by atoms with Gasteiger partial charge in [0.1, 0.15) is 5.82 Å². The first kappa shape index (κ1) is 10.2. The Hall–Kier alpha value is -0.920. The fourth-order valence-corrected chi connectivity index (χ4v) is 1.13. The molecule has 1 heterocycles. The standard InChI is InChI=1S/C11H16FN/c1-8(11(2,3)4)10-9(12)6-5-7-13-10/h5-8H,1-4H3/t8-/m1/s1. The average Bonchev–Trinajstić information content (AvgIpc) is 2.02. The van der Waals surface area contributed by atoms with Crippen LogP contribution >= 0.6 is 0 Å². The van der Waals surface area contributed by atoms with E-state index in [0.717, 1.165) is 0 Å². The van der Waals surface area contributed by atoms with Gasteiger partial charge in [0, 0.05) is 12.1 Å². The van der Waals surface area contributed by atoms with Gasteiger partial charge in [-0.05, 0) is 17.5 Å². The molecule has 0 aliphatic carbocycles. The average molecular weight is 181 g/mol. The molecule has 0 N–H and O–H groups in total. The van der Waals surface area contributed by atoms with E-state index in [1.54, 1.807) is 12.3 Å². The van der Waals surface area contributed by atoms with Crippen molar-refractivity contribution in [2.75, 3.05) is 0 Å². The van der Waals surface area contributed by atoms with Gasteiger partial charge < -0.3 is 0 Å². The summed E-state index contributed by atoms with van der Waals surface area (Å²) in [5, 5.41) is 0. The van der Waals surface area contributed by atoms with Crippen molar-refractivity contribution < 1.29 is 4.39 Å². The number of halogens is 1. The predicted molar refractivity (Wildman–Crippen MR) is 52.1 cm³/mol. The number of aromatic nitrogens is 1. The molecule has 1 nitrogen and oxygen atoms in total. The van der Waals surface area contributed by atoms with Crippen LogP contribution in [0.3, 0.4) is 0 Å². The van der Waals surface area contributed by atoms with Crippen LogP contribution < -0.4 is 0 Å². The largest absolute Gasteiger partial charge is 0.258 e. The number of hydrogen-bond acceptors (Lipinski definition) is 1. The summed E-state index contributed by atoms with van der Waals surface area (Å²) in [6.07, 6.45) is 1.64. The van der Waals surface area contributed by atoms with Crippen molar-refractivity contribution in [2.24, 2.45) is 5.41 Å². The van der Waals surface area contributed by atoms with Crippen molar-refractivity contribution in [1.82, 2.24) is 4.98 Å². The van der Waals surface area contributed by atoms with Crippen molar-refractivity contribution in [2.45, 2.75) is 33.6 Å². The maximum absolute atomic E-state index is 13.3. The highest BCUT2D eigenvalue weighted by Crippen LogP contribution is 2.34. The summed E-state index contributed by atoms with van der Waals surface area (Å²) in [6, 6.07) is 3.08. The fraction of sp³-hybridized carbons (Fsp3) is 0.545. The molecule has 1 rings (SSSR count). The first-order valence-corrected chi connectivity index (χ1v) is 4.53. The summed E-state index contributed by atoms with van der Waals surface area (Å²) >= 11 is 0. The molecule has 72 valence electrons. The van der Waals surface area contributed by atoms with E-state index in [2.05, 4.69) is 25.8 Å². The van der Waals surface area contributed by atoms with Crippen molar-refractivity contribution in [3.05, 3.63) is 29.8 Å². The van der Waals surface area contributed by atoms with Crippen LogP contribution in [0.2, 0.25) is 0 Å². The Labute approximate surface area is 79.0 Å². The lowest BCUT2D eigenvalue weighted by atomic mass is 9.80. The first-order chi connectivity index (χ1) is 5.93. The topological polar surface area (TPSA) is 12.9 Å². The Bertz CT molecular complexity index is 288. The molecule has 1 aromatic rings. The molecule has 1 atom stereocenters. The summed E-state index contributed by atoms with van der Waals surface area (Å²) in [7, 11) is 0. The van der Waals surface area contributed by atoms with E-state index in [-0.39, 0.29) is 17.2 Å². The van der Waals surface area contributed by atoms with E-state index in [1.807, 2.05) is 6.92 Å². The summed E-state index contributed by atoms with van der Waals surface area (Å²) in [5.74, 6) is -0.0707.